The fourth-order valence-electron chi connectivity index (χ4n) is 2.33. The van der Waals surface area contributed by atoms with E-state index in [0.717, 1.165) is 19.5 Å². The molecule has 2 aromatic rings. The van der Waals surface area contributed by atoms with Gasteiger partial charge in [0.2, 0.25) is 0 Å². The Bertz CT molecular complexity index is 714. The predicted molar refractivity (Wildman–Crippen MR) is 77.4 cm³/mol. The van der Waals surface area contributed by atoms with Crippen LogP contribution in [0.2, 0.25) is 0 Å². The van der Waals surface area contributed by atoms with Crippen LogP contribution in [0.4, 0.5) is 4.39 Å². The van der Waals surface area contributed by atoms with E-state index in [1.165, 1.54) is 30.1 Å². The van der Waals surface area contributed by atoms with Gasteiger partial charge in [0.05, 0.1) is 11.1 Å². The summed E-state index contributed by atoms with van der Waals surface area (Å²) in [6.45, 7) is 2.20. The summed E-state index contributed by atoms with van der Waals surface area (Å²) in [5, 5.41) is 6.03. The normalized spacial score (nSPS) is 14.8. The summed E-state index contributed by atoms with van der Waals surface area (Å²) in [5.41, 5.74) is 2.18. The summed E-state index contributed by atoms with van der Waals surface area (Å²) in [7, 11) is 0. The van der Waals surface area contributed by atoms with Crippen molar-refractivity contribution in [1.29, 1.82) is 0 Å². The Labute approximate surface area is 121 Å². The molecular formula is C15H15FN4O. The lowest BCUT2D eigenvalue weighted by atomic mass is 10.1. The maximum Gasteiger partial charge on any atom is 0.253 e. The lowest BCUT2D eigenvalue weighted by Gasteiger charge is -2.14. The largest absolute Gasteiger partial charge is 0.348 e. The molecule has 0 saturated carbocycles. The number of nitrogens with one attached hydrogen (secondary N) is 2. The number of hydrogen-bond donors (Lipinski definition) is 2. The molecule has 108 valence electrons. The van der Waals surface area contributed by atoms with Gasteiger partial charge < -0.3 is 10.6 Å². The van der Waals surface area contributed by atoms with E-state index >= 15 is 0 Å². The highest BCUT2D eigenvalue weighted by Gasteiger charge is 2.14. The van der Waals surface area contributed by atoms with E-state index in [0.29, 0.717) is 17.6 Å². The van der Waals surface area contributed by atoms with Crippen molar-refractivity contribution in [3.05, 3.63) is 47.6 Å². The summed E-state index contributed by atoms with van der Waals surface area (Å²) in [4.78, 5) is 20.4. The number of amides is 1. The molecule has 3 rings (SSSR count). The average molecular weight is 286 g/mol. The first-order valence-electron chi connectivity index (χ1n) is 6.81. The van der Waals surface area contributed by atoms with Gasteiger partial charge in [0, 0.05) is 31.5 Å². The fourth-order valence-corrected chi connectivity index (χ4v) is 2.33. The zero-order valence-electron chi connectivity index (χ0n) is 11.4. The van der Waals surface area contributed by atoms with E-state index < -0.39 is 5.82 Å². The lowest BCUT2D eigenvalue weighted by Crippen LogP contribution is -2.29. The zero-order valence-corrected chi connectivity index (χ0v) is 11.4. The number of nitrogens with zero attached hydrogens (tertiary/aromatic N) is 2. The molecule has 0 aliphatic carbocycles. The summed E-state index contributed by atoms with van der Waals surface area (Å²) < 4.78 is 13.6. The molecular weight excluding hydrogens is 271 g/mol. The SMILES string of the molecule is O=C(NCC1=CCNCC1)c1cc(F)cc2nccnc12. The molecule has 1 amide bonds. The molecule has 0 fully saturated rings. The van der Waals surface area contributed by atoms with Crippen LogP contribution in [0.3, 0.4) is 0 Å². The predicted octanol–water partition coefficient (Wildman–Crippen LogP) is 1.42. The van der Waals surface area contributed by atoms with Crippen LogP contribution >= 0.6 is 0 Å². The second kappa shape index (κ2) is 5.97. The van der Waals surface area contributed by atoms with E-state index in [4.69, 9.17) is 0 Å². The molecule has 0 bridgehead atoms. The first-order chi connectivity index (χ1) is 10.2. The summed E-state index contributed by atoms with van der Waals surface area (Å²) in [6, 6.07) is 2.47. The van der Waals surface area contributed by atoms with Crippen molar-refractivity contribution < 1.29 is 9.18 Å². The van der Waals surface area contributed by atoms with E-state index in [1.807, 2.05) is 0 Å². The van der Waals surface area contributed by atoms with Gasteiger partial charge in [-0.15, -0.1) is 0 Å². The van der Waals surface area contributed by atoms with Gasteiger partial charge in [-0.3, -0.25) is 14.8 Å². The third kappa shape index (κ3) is 3.05. The van der Waals surface area contributed by atoms with Crippen LogP contribution in [0.5, 0.6) is 0 Å². The van der Waals surface area contributed by atoms with Crippen LogP contribution in [0.1, 0.15) is 16.8 Å². The maximum atomic E-state index is 13.6. The van der Waals surface area contributed by atoms with Crippen molar-refractivity contribution >= 4 is 16.9 Å². The van der Waals surface area contributed by atoms with Gasteiger partial charge >= 0.3 is 0 Å². The van der Waals surface area contributed by atoms with Crippen molar-refractivity contribution in [2.75, 3.05) is 19.6 Å². The summed E-state index contributed by atoms with van der Waals surface area (Å²) in [5.74, 6) is -0.825. The number of fused-ring (bicyclic) bond motifs is 1. The average Bonchev–Trinajstić information content (AvgIpc) is 2.52. The van der Waals surface area contributed by atoms with Crippen LogP contribution < -0.4 is 10.6 Å². The lowest BCUT2D eigenvalue weighted by molar-refractivity contribution is 0.0957. The molecule has 2 heterocycles. The topological polar surface area (TPSA) is 66.9 Å². The zero-order chi connectivity index (χ0) is 14.7. The molecule has 0 spiro atoms. The molecule has 1 aromatic carbocycles. The Balaban J connectivity index is 1.82. The molecule has 0 radical (unpaired) electrons. The molecule has 1 aliphatic rings. The van der Waals surface area contributed by atoms with Gasteiger partial charge in [-0.05, 0) is 19.0 Å². The first-order valence-corrected chi connectivity index (χ1v) is 6.81. The van der Waals surface area contributed by atoms with Crippen LogP contribution in [-0.4, -0.2) is 35.5 Å². The summed E-state index contributed by atoms with van der Waals surface area (Å²) >= 11 is 0. The Kier molecular flexibility index (Phi) is 3.87. The second-order valence-corrected chi connectivity index (χ2v) is 4.88. The molecule has 1 aliphatic heterocycles. The van der Waals surface area contributed by atoms with Crippen LogP contribution in [0.25, 0.3) is 11.0 Å². The van der Waals surface area contributed by atoms with Crippen LogP contribution in [0.15, 0.2) is 36.2 Å². The molecule has 0 saturated heterocycles. The molecule has 0 unspecified atom stereocenters. The van der Waals surface area contributed by atoms with Crippen molar-refractivity contribution in [3.8, 4) is 0 Å². The molecule has 1 aromatic heterocycles. The Morgan fingerprint density at radius 2 is 2.19 bits per heavy atom. The van der Waals surface area contributed by atoms with E-state index in [1.54, 1.807) is 0 Å². The van der Waals surface area contributed by atoms with Gasteiger partial charge in [0.15, 0.2) is 0 Å². The van der Waals surface area contributed by atoms with Gasteiger partial charge in [0.1, 0.15) is 11.3 Å². The second-order valence-electron chi connectivity index (χ2n) is 4.88. The van der Waals surface area contributed by atoms with Crippen molar-refractivity contribution in [1.82, 2.24) is 20.6 Å². The first kappa shape index (κ1) is 13.6. The Morgan fingerprint density at radius 1 is 1.33 bits per heavy atom. The van der Waals surface area contributed by atoms with Crippen molar-refractivity contribution in [3.63, 3.8) is 0 Å². The minimum atomic E-state index is -0.491. The minimum Gasteiger partial charge on any atom is -0.348 e. The standard InChI is InChI=1S/C15H15FN4O/c16-11-7-12(14-13(8-11)18-5-6-19-14)15(21)20-9-10-1-3-17-4-2-10/h1,5-8,17H,2-4,9H2,(H,20,21). The van der Waals surface area contributed by atoms with Gasteiger partial charge in [-0.25, -0.2) is 4.39 Å². The van der Waals surface area contributed by atoms with Gasteiger partial charge in [0.25, 0.3) is 5.91 Å². The number of halogens is 1. The van der Waals surface area contributed by atoms with Crippen molar-refractivity contribution in [2.45, 2.75) is 6.42 Å². The molecule has 6 heteroatoms. The number of carbonyl (C=O) groups is 1. The van der Waals surface area contributed by atoms with E-state index in [9.17, 15) is 9.18 Å². The molecule has 5 nitrogen and oxygen atoms in total. The van der Waals surface area contributed by atoms with Crippen LogP contribution in [0, 0.1) is 5.82 Å². The molecule has 2 N–H and O–H groups in total. The highest BCUT2D eigenvalue weighted by molar-refractivity contribution is 6.04. The highest BCUT2D eigenvalue weighted by Crippen LogP contribution is 2.16. The Morgan fingerprint density at radius 3 is 3.00 bits per heavy atom. The number of benzene rings is 1. The molecule has 21 heavy (non-hydrogen) atoms. The smallest absolute Gasteiger partial charge is 0.253 e. The van der Waals surface area contributed by atoms with E-state index in [2.05, 4.69) is 26.7 Å². The van der Waals surface area contributed by atoms with Gasteiger partial charge in [-0.2, -0.15) is 0 Å². The number of carbonyl (C=O) groups excluding carboxylic acids is 1. The number of aromatic nitrogens is 2. The highest BCUT2D eigenvalue weighted by atomic mass is 19.1. The van der Waals surface area contributed by atoms with Crippen molar-refractivity contribution in [2.24, 2.45) is 0 Å². The Hall–Kier alpha value is -2.34. The maximum absolute atomic E-state index is 13.6. The third-order valence-electron chi connectivity index (χ3n) is 3.42. The molecule has 0 atom stereocenters. The third-order valence-corrected chi connectivity index (χ3v) is 3.42. The van der Waals surface area contributed by atoms with Gasteiger partial charge in [-0.1, -0.05) is 11.6 Å². The summed E-state index contributed by atoms with van der Waals surface area (Å²) in [6.07, 6.45) is 5.94. The van der Waals surface area contributed by atoms with E-state index in [-0.39, 0.29) is 11.5 Å². The number of rotatable bonds is 3. The quantitative estimate of drug-likeness (QED) is 0.837. The fraction of sp³-hybridized carbons (Fsp3) is 0.267. The number of hydrogen-bond acceptors (Lipinski definition) is 4. The van der Waals surface area contributed by atoms with Crippen LogP contribution in [-0.2, 0) is 0 Å². The monoisotopic (exact) mass is 286 g/mol. The minimum absolute atomic E-state index is 0.215.